The molecular weight excluding hydrogens is 494 g/mol. The number of methoxy groups -OCH3 is 1. The molecular formula is C32H45NO6. The second-order valence-electron chi connectivity index (χ2n) is 15.0. The highest BCUT2D eigenvalue weighted by atomic mass is 17.2. The summed E-state index contributed by atoms with van der Waals surface area (Å²) in [5.41, 5.74) is 0.174. The molecule has 1 aromatic heterocycles. The monoisotopic (exact) mass is 539 g/mol. The molecule has 0 aliphatic heterocycles. The van der Waals surface area contributed by atoms with Crippen LogP contribution in [0.25, 0.3) is 0 Å². The first-order valence-corrected chi connectivity index (χ1v) is 14.7. The second kappa shape index (κ2) is 8.28. The smallest absolute Gasteiger partial charge is 0.312 e. The molecule has 0 aromatic carbocycles. The molecule has 7 heteroatoms. The Kier molecular flexibility index (Phi) is 5.77. The summed E-state index contributed by atoms with van der Waals surface area (Å²) >= 11 is 0. The van der Waals surface area contributed by atoms with Crippen LogP contribution >= 0.6 is 0 Å². The van der Waals surface area contributed by atoms with Crippen LogP contribution in [-0.2, 0) is 36.1 Å². The molecule has 214 valence electrons. The van der Waals surface area contributed by atoms with Crippen molar-refractivity contribution in [1.82, 2.24) is 5.16 Å². The number of esters is 1. The summed E-state index contributed by atoms with van der Waals surface area (Å²) in [5.74, 6) is 0.644. The summed E-state index contributed by atoms with van der Waals surface area (Å²) in [6.45, 7) is 13.7. The highest BCUT2D eigenvalue weighted by Crippen LogP contribution is 2.75. The van der Waals surface area contributed by atoms with Crippen LogP contribution in [0.2, 0.25) is 0 Å². The standard InChI is InChI=1S/C32H45NO6/c1-27(2)11-13-32(26(35)36-7)14-12-30(5)24(20(32)17-27)21(34)15-23-28(3)16-19-18-33-38-25(19)31(6,39-37-8)22(28)9-10-29(23,30)4/h15,18,20,22,24H,9-14,16-17H2,1-8H3/t20-,22+,24-,28-,29+,30+,31-,32-/m0/s1. The number of hydrogen-bond donors (Lipinski definition) is 0. The van der Waals surface area contributed by atoms with E-state index < -0.39 is 11.0 Å². The predicted molar refractivity (Wildman–Crippen MR) is 144 cm³/mol. The molecule has 6 rings (SSSR count). The van der Waals surface area contributed by atoms with Crippen LogP contribution in [0.15, 0.2) is 22.4 Å². The van der Waals surface area contributed by atoms with Crippen molar-refractivity contribution in [2.45, 2.75) is 98.5 Å². The zero-order chi connectivity index (χ0) is 28.2. The van der Waals surface area contributed by atoms with E-state index in [-0.39, 0.29) is 51.2 Å². The Morgan fingerprint density at radius 2 is 1.74 bits per heavy atom. The minimum absolute atomic E-state index is 0.0155. The van der Waals surface area contributed by atoms with E-state index in [1.807, 2.05) is 13.0 Å². The average Bonchev–Trinajstić information content (AvgIpc) is 3.34. The van der Waals surface area contributed by atoms with Crippen LogP contribution < -0.4 is 0 Å². The number of aromatic nitrogens is 1. The van der Waals surface area contributed by atoms with Gasteiger partial charge in [0.2, 0.25) is 0 Å². The molecule has 8 atom stereocenters. The van der Waals surface area contributed by atoms with E-state index in [1.54, 1.807) is 6.20 Å². The third-order valence-corrected chi connectivity index (χ3v) is 12.8. The largest absolute Gasteiger partial charge is 0.469 e. The number of carbonyl (C=O) groups excluding carboxylic acids is 2. The van der Waals surface area contributed by atoms with Gasteiger partial charge in [0.25, 0.3) is 0 Å². The van der Waals surface area contributed by atoms with Gasteiger partial charge >= 0.3 is 5.97 Å². The number of fused-ring (bicyclic) bond motifs is 8. The van der Waals surface area contributed by atoms with Gasteiger partial charge in [0.15, 0.2) is 17.1 Å². The molecule has 0 unspecified atom stereocenters. The molecule has 0 amide bonds. The first-order chi connectivity index (χ1) is 18.2. The minimum Gasteiger partial charge on any atom is -0.469 e. The minimum atomic E-state index is -0.809. The molecule has 3 saturated carbocycles. The van der Waals surface area contributed by atoms with Crippen LogP contribution in [-0.4, -0.2) is 31.1 Å². The van der Waals surface area contributed by atoms with E-state index in [4.69, 9.17) is 19.0 Å². The lowest BCUT2D eigenvalue weighted by molar-refractivity contribution is -0.375. The van der Waals surface area contributed by atoms with Crippen LogP contribution in [0.3, 0.4) is 0 Å². The summed E-state index contributed by atoms with van der Waals surface area (Å²) < 4.78 is 11.2. The fraction of sp³-hybridized carbons (Fsp3) is 0.781. The molecule has 7 nitrogen and oxygen atoms in total. The van der Waals surface area contributed by atoms with Gasteiger partial charge in [0.05, 0.1) is 25.8 Å². The number of ether oxygens (including phenoxy) is 1. The van der Waals surface area contributed by atoms with E-state index in [2.05, 4.69) is 39.8 Å². The zero-order valence-electron chi connectivity index (χ0n) is 24.9. The third kappa shape index (κ3) is 3.26. The third-order valence-electron chi connectivity index (χ3n) is 12.8. The summed E-state index contributed by atoms with van der Waals surface area (Å²) in [4.78, 5) is 39.3. The summed E-state index contributed by atoms with van der Waals surface area (Å²) in [7, 11) is 3.05. The van der Waals surface area contributed by atoms with Crippen molar-refractivity contribution in [2.24, 2.45) is 44.8 Å². The Labute approximate surface area is 232 Å². The summed E-state index contributed by atoms with van der Waals surface area (Å²) in [5, 5.41) is 4.14. The lowest BCUT2D eigenvalue weighted by atomic mass is 9.34. The molecule has 0 N–H and O–H groups in total. The van der Waals surface area contributed by atoms with Gasteiger partial charge in [-0.05, 0) is 91.9 Å². The van der Waals surface area contributed by atoms with E-state index in [1.165, 1.54) is 19.8 Å². The van der Waals surface area contributed by atoms with Gasteiger partial charge < -0.3 is 9.26 Å². The number of allylic oxidation sites excluding steroid dienone is 2. The average molecular weight is 540 g/mol. The van der Waals surface area contributed by atoms with Gasteiger partial charge in [-0.1, -0.05) is 45.3 Å². The number of nitrogens with zero attached hydrogens (tertiary/aromatic N) is 1. The summed E-state index contributed by atoms with van der Waals surface area (Å²) in [6.07, 6.45) is 10.7. The SMILES string of the molecule is COO[C@]1(C)c2oncc2C[C@]2(C)C3=CC(=O)[C@@H]4[C@@H]5CC(C)(C)CC[C@]5(C(=O)OC)CC[C@@]4(C)[C@]3(C)CC[C@H]21. The van der Waals surface area contributed by atoms with Crippen LogP contribution in [0.5, 0.6) is 0 Å². The van der Waals surface area contributed by atoms with Crippen molar-refractivity contribution in [3.8, 4) is 0 Å². The lowest BCUT2D eigenvalue weighted by Crippen LogP contribution is -2.66. The second-order valence-corrected chi connectivity index (χ2v) is 15.0. The molecule has 5 aliphatic rings. The maximum Gasteiger partial charge on any atom is 0.312 e. The summed E-state index contributed by atoms with van der Waals surface area (Å²) in [6, 6.07) is 0. The Morgan fingerprint density at radius 1 is 1.03 bits per heavy atom. The molecule has 0 radical (unpaired) electrons. The first kappa shape index (κ1) is 27.2. The topological polar surface area (TPSA) is 87.9 Å². The maximum atomic E-state index is 14.5. The molecule has 0 bridgehead atoms. The Balaban J connectivity index is 1.50. The molecule has 0 spiro atoms. The zero-order valence-corrected chi connectivity index (χ0v) is 24.9. The molecule has 39 heavy (non-hydrogen) atoms. The Hall–Kier alpha value is -1.99. The van der Waals surface area contributed by atoms with Gasteiger partial charge in [-0.25, -0.2) is 9.78 Å². The number of hydrogen-bond acceptors (Lipinski definition) is 7. The van der Waals surface area contributed by atoms with Gasteiger partial charge in [-0.3, -0.25) is 9.59 Å². The molecule has 5 aliphatic carbocycles. The predicted octanol–water partition coefficient (Wildman–Crippen LogP) is 6.36. The van der Waals surface area contributed by atoms with E-state index in [0.717, 1.165) is 62.7 Å². The van der Waals surface area contributed by atoms with Crippen molar-refractivity contribution in [3.63, 3.8) is 0 Å². The van der Waals surface area contributed by atoms with E-state index in [9.17, 15) is 9.59 Å². The number of ketones is 1. The van der Waals surface area contributed by atoms with E-state index >= 15 is 0 Å². The van der Waals surface area contributed by atoms with Crippen molar-refractivity contribution in [3.05, 3.63) is 29.2 Å². The van der Waals surface area contributed by atoms with Crippen molar-refractivity contribution in [2.75, 3.05) is 14.2 Å². The first-order valence-electron chi connectivity index (χ1n) is 14.7. The fourth-order valence-corrected chi connectivity index (χ4v) is 10.7. The Morgan fingerprint density at radius 3 is 2.44 bits per heavy atom. The maximum absolute atomic E-state index is 14.5. The fourth-order valence-electron chi connectivity index (χ4n) is 10.7. The van der Waals surface area contributed by atoms with Crippen molar-refractivity contribution >= 4 is 11.8 Å². The van der Waals surface area contributed by atoms with Gasteiger partial charge in [0.1, 0.15) is 0 Å². The molecule has 1 aromatic rings. The highest BCUT2D eigenvalue weighted by molar-refractivity contribution is 5.96. The molecule has 0 saturated heterocycles. The van der Waals surface area contributed by atoms with Crippen LogP contribution in [0, 0.1) is 44.8 Å². The number of carbonyl (C=O) groups is 2. The van der Waals surface area contributed by atoms with Gasteiger partial charge in [0, 0.05) is 17.4 Å². The molecule has 3 fully saturated rings. The highest BCUT2D eigenvalue weighted by Gasteiger charge is 2.72. The number of rotatable bonds is 3. The lowest BCUT2D eigenvalue weighted by Gasteiger charge is -2.69. The molecule has 1 heterocycles. The van der Waals surface area contributed by atoms with Gasteiger partial charge in [-0.2, -0.15) is 0 Å². The van der Waals surface area contributed by atoms with Crippen molar-refractivity contribution in [1.29, 1.82) is 0 Å². The van der Waals surface area contributed by atoms with E-state index in [0.29, 0.717) is 0 Å². The normalized spacial score (nSPS) is 46.1. The van der Waals surface area contributed by atoms with Crippen molar-refractivity contribution < 1.29 is 28.6 Å². The van der Waals surface area contributed by atoms with Crippen LogP contribution in [0.1, 0.15) is 97.8 Å². The Bertz CT molecular complexity index is 1250. The quantitative estimate of drug-likeness (QED) is 0.251. The van der Waals surface area contributed by atoms with Crippen LogP contribution in [0.4, 0.5) is 0 Å². The van der Waals surface area contributed by atoms with Gasteiger partial charge in [-0.15, -0.1) is 0 Å².